The summed E-state index contributed by atoms with van der Waals surface area (Å²) in [6, 6.07) is 6.20. The van der Waals surface area contributed by atoms with E-state index in [0.717, 1.165) is 36.9 Å². The number of benzene rings is 1. The van der Waals surface area contributed by atoms with E-state index in [9.17, 15) is 9.90 Å². The number of hydrogen-bond acceptors (Lipinski definition) is 3. The molecule has 22 heavy (non-hydrogen) atoms. The first kappa shape index (κ1) is 17.0. The summed E-state index contributed by atoms with van der Waals surface area (Å²) in [5.74, 6) is 0.0113. The van der Waals surface area contributed by atoms with Crippen molar-refractivity contribution in [2.75, 3.05) is 5.32 Å². The quantitative estimate of drug-likeness (QED) is 0.784. The van der Waals surface area contributed by atoms with Gasteiger partial charge in [-0.2, -0.15) is 0 Å². The second kappa shape index (κ2) is 7.75. The fraction of sp³-hybridized carbons (Fsp3) is 0.611. The van der Waals surface area contributed by atoms with Gasteiger partial charge in [0, 0.05) is 24.2 Å². The Morgan fingerprint density at radius 1 is 1.32 bits per heavy atom. The maximum Gasteiger partial charge on any atom is 0.225 e. The maximum absolute atomic E-state index is 12.2. The number of aliphatic hydroxyl groups is 1. The second-order valence-electron chi connectivity index (χ2n) is 6.60. The van der Waals surface area contributed by atoms with Gasteiger partial charge in [0.2, 0.25) is 5.91 Å². The minimum atomic E-state index is -0.279. The number of amides is 1. The number of hydrogen-bond donors (Lipinski definition) is 3. The zero-order valence-electron chi connectivity index (χ0n) is 13.9. The van der Waals surface area contributed by atoms with Gasteiger partial charge in [-0.3, -0.25) is 4.79 Å². The molecule has 0 saturated heterocycles. The average Bonchev–Trinajstić information content (AvgIpc) is 2.44. The highest BCUT2D eigenvalue weighted by molar-refractivity contribution is 5.91. The Labute approximate surface area is 133 Å². The molecule has 3 N–H and O–H groups in total. The SMILES string of the molecule is Cc1ccc(NC(=O)CC(C)NC2CCCCC2O)c(C)c1. The van der Waals surface area contributed by atoms with Crippen LogP contribution in [0.3, 0.4) is 0 Å². The second-order valence-corrected chi connectivity index (χ2v) is 6.60. The summed E-state index contributed by atoms with van der Waals surface area (Å²) in [5.41, 5.74) is 3.15. The molecule has 0 heterocycles. The van der Waals surface area contributed by atoms with Gasteiger partial charge < -0.3 is 15.7 Å². The molecule has 0 spiro atoms. The molecule has 3 unspecified atom stereocenters. The first-order valence-electron chi connectivity index (χ1n) is 8.27. The zero-order valence-corrected chi connectivity index (χ0v) is 13.9. The largest absolute Gasteiger partial charge is 0.392 e. The lowest BCUT2D eigenvalue weighted by Gasteiger charge is -2.31. The molecule has 4 heteroatoms. The summed E-state index contributed by atoms with van der Waals surface area (Å²) in [5, 5.41) is 16.4. The zero-order chi connectivity index (χ0) is 16.1. The number of carbonyl (C=O) groups is 1. The van der Waals surface area contributed by atoms with E-state index in [1.165, 1.54) is 5.56 Å². The highest BCUT2D eigenvalue weighted by atomic mass is 16.3. The molecular weight excluding hydrogens is 276 g/mol. The molecule has 0 aliphatic heterocycles. The molecule has 0 radical (unpaired) electrons. The van der Waals surface area contributed by atoms with Gasteiger partial charge in [0.1, 0.15) is 0 Å². The lowest BCUT2D eigenvalue weighted by Crippen LogP contribution is -2.47. The number of aliphatic hydroxyl groups excluding tert-OH is 1. The van der Waals surface area contributed by atoms with Crippen LogP contribution in [0.2, 0.25) is 0 Å². The molecule has 0 aromatic heterocycles. The number of carbonyl (C=O) groups excluding carboxylic acids is 1. The summed E-state index contributed by atoms with van der Waals surface area (Å²) in [7, 11) is 0. The van der Waals surface area contributed by atoms with Crippen molar-refractivity contribution in [3.8, 4) is 0 Å². The Hall–Kier alpha value is -1.39. The van der Waals surface area contributed by atoms with Crippen LogP contribution >= 0.6 is 0 Å². The van der Waals surface area contributed by atoms with Gasteiger partial charge >= 0.3 is 0 Å². The molecule has 1 amide bonds. The molecule has 2 rings (SSSR count). The van der Waals surface area contributed by atoms with E-state index in [-0.39, 0.29) is 24.1 Å². The van der Waals surface area contributed by atoms with Gasteiger partial charge in [0.15, 0.2) is 0 Å². The lowest BCUT2D eigenvalue weighted by atomic mass is 9.92. The minimum Gasteiger partial charge on any atom is -0.392 e. The highest BCUT2D eigenvalue weighted by Gasteiger charge is 2.24. The Balaban J connectivity index is 1.83. The van der Waals surface area contributed by atoms with Crippen molar-refractivity contribution >= 4 is 11.6 Å². The van der Waals surface area contributed by atoms with Crippen LogP contribution in [0, 0.1) is 13.8 Å². The van der Waals surface area contributed by atoms with Crippen LogP contribution in [0.15, 0.2) is 18.2 Å². The third-order valence-corrected chi connectivity index (χ3v) is 4.38. The molecule has 1 aliphatic rings. The molecule has 1 aliphatic carbocycles. The summed E-state index contributed by atoms with van der Waals surface area (Å²) in [6.07, 6.45) is 4.23. The van der Waals surface area contributed by atoms with E-state index < -0.39 is 0 Å². The van der Waals surface area contributed by atoms with Crippen molar-refractivity contribution in [3.63, 3.8) is 0 Å². The van der Waals surface area contributed by atoms with E-state index >= 15 is 0 Å². The number of aryl methyl sites for hydroxylation is 2. The van der Waals surface area contributed by atoms with Crippen LogP contribution in [0.4, 0.5) is 5.69 Å². The average molecular weight is 304 g/mol. The van der Waals surface area contributed by atoms with Crippen LogP contribution in [0.25, 0.3) is 0 Å². The first-order valence-corrected chi connectivity index (χ1v) is 8.27. The van der Waals surface area contributed by atoms with Gasteiger partial charge in [-0.1, -0.05) is 30.5 Å². The molecule has 4 nitrogen and oxygen atoms in total. The van der Waals surface area contributed by atoms with Crippen molar-refractivity contribution in [3.05, 3.63) is 29.3 Å². The molecule has 1 saturated carbocycles. The Morgan fingerprint density at radius 3 is 2.73 bits per heavy atom. The van der Waals surface area contributed by atoms with Crippen LogP contribution in [0.1, 0.15) is 50.2 Å². The fourth-order valence-corrected chi connectivity index (χ4v) is 3.16. The van der Waals surface area contributed by atoms with Crippen molar-refractivity contribution in [2.24, 2.45) is 0 Å². The Kier molecular flexibility index (Phi) is 5.98. The van der Waals surface area contributed by atoms with Gasteiger partial charge in [-0.05, 0) is 45.2 Å². The Bertz CT molecular complexity index is 516. The minimum absolute atomic E-state index is 0.0113. The van der Waals surface area contributed by atoms with Gasteiger partial charge in [-0.15, -0.1) is 0 Å². The molecule has 1 aromatic rings. The molecule has 1 fully saturated rings. The molecule has 1 aromatic carbocycles. The summed E-state index contributed by atoms with van der Waals surface area (Å²) >= 11 is 0. The summed E-state index contributed by atoms with van der Waals surface area (Å²) in [4.78, 5) is 12.2. The number of nitrogens with one attached hydrogen (secondary N) is 2. The summed E-state index contributed by atoms with van der Waals surface area (Å²) < 4.78 is 0. The smallest absolute Gasteiger partial charge is 0.225 e. The van der Waals surface area contributed by atoms with Gasteiger partial charge in [0.05, 0.1) is 6.10 Å². The predicted molar refractivity (Wildman–Crippen MR) is 90.0 cm³/mol. The van der Waals surface area contributed by atoms with E-state index in [4.69, 9.17) is 0 Å². The molecule has 0 bridgehead atoms. The third kappa shape index (κ3) is 4.82. The van der Waals surface area contributed by atoms with Crippen molar-refractivity contribution in [1.82, 2.24) is 5.32 Å². The van der Waals surface area contributed by atoms with E-state index in [1.54, 1.807) is 0 Å². The van der Waals surface area contributed by atoms with E-state index in [0.29, 0.717) is 6.42 Å². The van der Waals surface area contributed by atoms with E-state index in [2.05, 4.69) is 16.7 Å². The fourth-order valence-electron chi connectivity index (χ4n) is 3.16. The third-order valence-electron chi connectivity index (χ3n) is 4.38. The standard InChI is InChI=1S/C18H28N2O2/c1-12-8-9-15(13(2)10-12)20-18(22)11-14(3)19-16-6-4-5-7-17(16)21/h8-10,14,16-17,19,21H,4-7,11H2,1-3H3,(H,20,22). The lowest BCUT2D eigenvalue weighted by molar-refractivity contribution is -0.116. The van der Waals surface area contributed by atoms with Crippen LogP contribution in [-0.4, -0.2) is 29.2 Å². The van der Waals surface area contributed by atoms with Crippen LogP contribution < -0.4 is 10.6 Å². The molecular formula is C18H28N2O2. The van der Waals surface area contributed by atoms with Crippen molar-refractivity contribution in [1.29, 1.82) is 0 Å². The molecule has 122 valence electrons. The van der Waals surface area contributed by atoms with Crippen LogP contribution in [0.5, 0.6) is 0 Å². The summed E-state index contributed by atoms with van der Waals surface area (Å²) in [6.45, 7) is 6.05. The number of rotatable bonds is 5. The predicted octanol–water partition coefficient (Wildman–Crippen LogP) is 2.91. The monoisotopic (exact) mass is 304 g/mol. The van der Waals surface area contributed by atoms with Crippen molar-refractivity contribution in [2.45, 2.75) is 71.1 Å². The molecule has 3 atom stereocenters. The maximum atomic E-state index is 12.2. The highest BCUT2D eigenvalue weighted by Crippen LogP contribution is 2.20. The first-order chi connectivity index (χ1) is 10.5. The topological polar surface area (TPSA) is 61.4 Å². The van der Waals surface area contributed by atoms with Gasteiger partial charge in [-0.25, -0.2) is 0 Å². The van der Waals surface area contributed by atoms with Crippen molar-refractivity contribution < 1.29 is 9.90 Å². The Morgan fingerprint density at radius 2 is 2.05 bits per heavy atom. The van der Waals surface area contributed by atoms with E-state index in [1.807, 2.05) is 32.9 Å². The van der Waals surface area contributed by atoms with Crippen LogP contribution in [-0.2, 0) is 4.79 Å². The number of anilines is 1. The van der Waals surface area contributed by atoms with Gasteiger partial charge in [0.25, 0.3) is 0 Å². The normalized spacial score (nSPS) is 23.1.